The van der Waals surface area contributed by atoms with Gasteiger partial charge in [0.05, 0.1) is 11.8 Å². The van der Waals surface area contributed by atoms with E-state index in [2.05, 4.69) is 47.0 Å². The van der Waals surface area contributed by atoms with Crippen LogP contribution in [0, 0.1) is 17.8 Å². The van der Waals surface area contributed by atoms with Crippen LogP contribution in [0.2, 0.25) is 0 Å². The Bertz CT molecular complexity index is 868. The molecule has 0 aliphatic carbocycles. The van der Waals surface area contributed by atoms with E-state index in [-0.39, 0.29) is 30.3 Å². The summed E-state index contributed by atoms with van der Waals surface area (Å²) in [4.78, 5) is 40.7. The number of nitrogens with zero attached hydrogens (tertiary/aromatic N) is 1. The fourth-order valence-electron chi connectivity index (χ4n) is 4.85. The highest BCUT2D eigenvalue weighted by molar-refractivity contribution is 9.10. The van der Waals surface area contributed by atoms with E-state index in [4.69, 9.17) is 0 Å². The Morgan fingerprint density at radius 2 is 2.04 bits per heavy atom. The molecular formula is C20H22BrN3O3. The highest BCUT2D eigenvalue weighted by Crippen LogP contribution is 2.54. The molecule has 0 radical (unpaired) electrons. The van der Waals surface area contributed by atoms with Crippen LogP contribution < -0.4 is 10.6 Å². The molecule has 142 valence electrons. The van der Waals surface area contributed by atoms with Crippen LogP contribution in [-0.4, -0.2) is 35.2 Å². The van der Waals surface area contributed by atoms with Gasteiger partial charge in [0.25, 0.3) is 0 Å². The lowest BCUT2D eigenvalue weighted by molar-refractivity contribution is -0.142. The highest BCUT2D eigenvalue weighted by Gasteiger charge is 2.70. The summed E-state index contributed by atoms with van der Waals surface area (Å²) in [6, 6.07) is 5.29. The molecular weight excluding hydrogens is 410 g/mol. The molecule has 6 nitrogen and oxygen atoms in total. The Balaban J connectivity index is 1.89. The van der Waals surface area contributed by atoms with Crippen LogP contribution in [0.4, 0.5) is 5.69 Å². The number of carbonyl (C=O) groups excluding carboxylic acids is 3. The minimum Gasteiger partial charge on any atom is -0.324 e. The van der Waals surface area contributed by atoms with Crippen LogP contribution in [0.25, 0.3) is 0 Å². The van der Waals surface area contributed by atoms with Crippen molar-refractivity contribution in [3.8, 4) is 0 Å². The summed E-state index contributed by atoms with van der Waals surface area (Å²) in [6.45, 7) is 7.97. The van der Waals surface area contributed by atoms with E-state index in [1.165, 1.54) is 4.90 Å². The number of halogens is 1. The standard InChI is InChI=1S/C20H22BrN3O3/c1-4-7-24-17(25)15-14(8-10(2)3)23-20(16(15)18(24)26)12-9-11(21)5-6-13(12)22-19(20)27/h4-6,9-10,14-16,23H,1,7-8H2,2-3H3,(H,22,27). The van der Waals surface area contributed by atoms with Crippen LogP contribution >= 0.6 is 15.9 Å². The zero-order chi connectivity index (χ0) is 19.5. The SMILES string of the molecule is C=CCN1C(=O)C2C(CC(C)C)NC3(C(=O)Nc4ccc(Br)cc43)C2C1=O. The number of carbonyl (C=O) groups is 3. The van der Waals surface area contributed by atoms with E-state index in [9.17, 15) is 14.4 Å². The summed E-state index contributed by atoms with van der Waals surface area (Å²) < 4.78 is 0.822. The number of hydrogen-bond donors (Lipinski definition) is 2. The summed E-state index contributed by atoms with van der Waals surface area (Å²) in [6.07, 6.45) is 2.26. The largest absolute Gasteiger partial charge is 0.324 e. The van der Waals surface area contributed by atoms with Crippen molar-refractivity contribution in [2.45, 2.75) is 31.8 Å². The molecule has 4 atom stereocenters. The van der Waals surface area contributed by atoms with Gasteiger partial charge in [-0.2, -0.15) is 0 Å². The minimum atomic E-state index is -1.22. The number of rotatable bonds is 4. The predicted octanol–water partition coefficient (Wildman–Crippen LogP) is 2.40. The number of hydrogen-bond acceptors (Lipinski definition) is 4. The van der Waals surface area contributed by atoms with E-state index in [0.29, 0.717) is 18.0 Å². The molecule has 27 heavy (non-hydrogen) atoms. The van der Waals surface area contributed by atoms with Crippen LogP contribution in [0.1, 0.15) is 25.8 Å². The van der Waals surface area contributed by atoms with E-state index < -0.39 is 17.4 Å². The Kier molecular flexibility index (Phi) is 4.27. The summed E-state index contributed by atoms with van der Waals surface area (Å²) in [7, 11) is 0. The Morgan fingerprint density at radius 1 is 1.30 bits per heavy atom. The quantitative estimate of drug-likeness (QED) is 0.566. The van der Waals surface area contributed by atoms with Crippen molar-refractivity contribution in [2.24, 2.45) is 17.8 Å². The lowest BCUT2D eigenvalue weighted by Gasteiger charge is -2.29. The first-order valence-corrected chi connectivity index (χ1v) is 9.95. The van der Waals surface area contributed by atoms with Gasteiger partial charge in [0.15, 0.2) is 0 Å². The Labute approximate surface area is 166 Å². The number of likely N-dealkylation sites (tertiary alicyclic amines) is 1. The molecule has 3 aliphatic heterocycles. The van der Waals surface area contributed by atoms with Crippen molar-refractivity contribution >= 4 is 39.3 Å². The zero-order valence-electron chi connectivity index (χ0n) is 15.3. The first kappa shape index (κ1) is 18.4. The van der Waals surface area contributed by atoms with E-state index in [1.807, 2.05) is 18.2 Å². The maximum Gasteiger partial charge on any atom is 0.250 e. The lowest BCUT2D eigenvalue weighted by Crippen LogP contribution is -2.53. The van der Waals surface area contributed by atoms with Gasteiger partial charge in [0.2, 0.25) is 17.7 Å². The van der Waals surface area contributed by atoms with Crippen molar-refractivity contribution < 1.29 is 14.4 Å². The number of nitrogens with one attached hydrogen (secondary N) is 2. The lowest BCUT2D eigenvalue weighted by atomic mass is 9.76. The van der Waals surface area contributed by atoms with Crippen molar-refractivity contribution in [3.05, 3.63) is 40.9 Å². The van der Waals surface area contributed by atoms with Crippen LogP contribution in [-0.2, 0) is 19.9 Å². The van der Waals surface area contributed by atoms with Gasteiger partial charge < -0.3 is 5.32 Å². The summed E-state index contributed by atoms with van der Waals surface area (Å²) in [5.74, 6) is -1.75. The molecule has 0 saturated carbocycles. The highest BCUT2D eigenvalue weighted by atomic mass is 79.9. The fraction of sp³-hybridized carbons (Fsp3) is 0.450. The monoisotopic (exact) mass is 431 g/mol. The molecule has 4 rings (SSSR count). The number of fused-ring (bicyclic) bond motifs is 4. The Morgan fingerprint density at radius 3 is 2.70 bits per heavy atom. The second-order valence-corrected chi connectivity index (χ2v) is 8.83. The van der Waals surface area contributed by atoms with E-state index >= 15 is 0 Å². The first-order valence-electron chi connectivity index (χ1n) is 9.16. The minimum absolute atomic E-state index is 0.169. The summed E-state index contributed by atoms with van der Waals surface area (Å²) in [5.41, 5.74) is 0.193. The maximum atomic E-state index is 13.2. The second-order valence-electron chi connectivity index (χ2n) is 7.91. The van der Waals surface area contributed by atoms with E-state index in [0.717, 1.165) is 10.0 Å². The maximum absolute atomic E-state index is 13.2. The topological polar surface area (TPSA) is 78.5 Å². The second kappa shape index (κ2) is 6.27. The molecule has 2 fully saturated rings. The summed E-state index contributed by atoms with van der Waals surface area (Å²) >= 11 is 3.46. The Hall–Kier alpha value is -1.99. The van der Waals surface area contributed by atoms with Gasteiger partial charge in [-0.05, 0) is 30.5 Å². The number of benzene rings is 1. The molecule has 0 aromatic heterocycles. The van der Waals surface area contributed by atoms with Crippen LogP contribution in [0.5, 0.6) is 0 Å². The number of imide groups is 1. The molecule has 3 amide bonds. The third kappa shape index (κ3) is 2.44. The zero-order valence-corrected chi connectivity index (χ0v) is 16.9. The van der Waals surface area contributed by atoms with Gasteiger partial charge in [-0.25, -0.2) is 0 Å². The van der Waals surface area contributed by atoms with Gasteiger partial charge in [-0.1, -0.05) is 35.9 Å². The number of amides is 3. The molecule has 1 spiro atoms. The van der Waals surface area contributed by atoms with Crippen LogP contribution in [0.15, 0.2) is 35.3 Å². The predicted molar refractivity (Wildman–Crippen MR) is 105 cm³/mol. The van der Waals surface area contributed by atoms with Crippen molar-refractivity contribution in [2.75, 3.05) is 11.9 Å². The molecule has 3 aliphatic rings. The van der Waals surface area contributed by atoms with Crippen molar-refractivity contribution in [1.29, 1.82) is 0 Å². The molecule has 0 bridgehead atoms. The average Bonchev–Trinajstić information content (AvgIpc) is 3.16. The number of anilines is 1. The van der Waals surface area contributed by atoms with Crippen LogP contribution in [0.3, 0.4) is 0 Å². The normalized spacial score (nSPS) is 31.6. The third-order valence-corrected chi connectivity index (χ3v) is 6.30. The molecule has 4 unspecified atom stereocenters. The fourth-order valence-corrected chi connectivity index (χ4v) is 5.21. The smallest absolute Gasteiger partial charge is 0.250 e. The molecule has 1 aromatic rings. The molecule has 3 heterocycles. The van der Waals surface area contributed by atoms with E-state index in [1.54, 1.807) is 6.08 Å². The van der Waals surface area contributed by atoms with Gasteiger partial charge in [-0.3, -0.25) is 24.6 Å². The van der Waals surface area contributed by atoms with Gasteiger partial charge in [0.1, 0.15) is 5.54 Å². The first-order chi connectivity index (χ1) is 12.8. The van der Waals surface area contributed by atoms with Gasteiger partial charge in [0, 0.05) is 28.3 Å². The molecule has 2 saturated heterocycles. The molecule has 7 heteroatoms. The van der Waals surface area contributed by atoms with Crippen molar-refractivity contribution in [3.63, 3.8) is 0 Å². The molecule has 2 N–H and O–H groups in total. The van der Waals surface area contributed by atoms with Gasteiger partial charge in [-0.15, -0.1) is 6.58 Å². The van der Waals surface area contributed by atoms with Crippen molar-refractivity contribution in [1.82, 2.24) is 10.2 Å². The van der Waals surface area contributed by atoms with Gasteiger partial charge >= 0.3 is 0 Å². The average molecular weight is 432 g/mol. The summed E-state index contributed by atoms with van der Waals surface area (Å²) in [5, 5.41) is 6.33. The molecule has 1 aromatic carbocycles. The third-order valence-electron chi connectivity index (χ3n) is 5.81.